The van der Waals surface area contributed by atoms with Gasteiger partial charge in [0.05, 0.1) is 14.7 Å². The van der Waals surface area contributed by atoms with Crippen LogP contribution in [0.15, 0.2) is 36.4 Å². The van der Waals surface area contributed by atoms with Crippen molar-refractivity contribution in [1.82, 2.24) is 0 Å². The van der Waals surface area contributed by atoms with E-state index in [1.807, 2.05) is 0 Å². The molecule has 1 fully saturated rings. The minimum atomic E-state index is -1.52. The van der Waals surface area contributed by atoms with Crippen LogP contribution >= 0.6 is 0 Å². The van der Waals surface area contributed by atoms with Crippen LogP contribution in [-0.4, -0.2) is 32.4 Å². The number of benzene rings is 1. The van der Waals surface area contributed by atoms with E-state index < -0.39 is 8.07 Å². The molecule has 2 rings (SSSR count). The van der Waals surface area contributed by atoms with E-state index in [4.69, 9.17) is 4.74 Å². The fourth-order valence-corrected chi connectivity index (χ4v) is 7.37. The van der Waals surface area contributed by atoms with Crippen LogP contribution < -0.4 is 5.19 Å². The third-order valence-corrected chi connectivity index (χ3v) is 10.7. The maximum absolute atomic E-state index is 11.6. The van der Waals surface area contributed by atoms with E-state index in [0.717, 1.165) is 24.7 Å². The van der Waals surface area contributed by atoms with Crippen LogP contribution in [0.3, 0.4) is 0 Å². The molecule has 1 aliphatic carbocycles. The maximum atomic E-state index is 11.6. The fraction of sp³-hybridized carbons (Fsp3) is 0.667. The third-order valence-electron chi connectivity index (χ3n) is 7.18. The first-order valence-corrected chi connectivity index (χ1v) is 15.5. The van der Waals surface area contributed by atoms with Crippen molar-refractivity contribution in [1.29, 1.82) is 0 Å². The van der Waals surface area contributed by atoms with E-state index in [9.17, 15) is 9.90 Å². The Morgan fingerprint density at radius 3 is 2.39 bits per heavy atom. The van der Waals surface area contributed by atoms with Crippen molar-refractivity contribution >= 4 is 19.2 Å². The van der Waals surface area contributed by atoms with Crippen molar-refractivity contribution in [3.63, 3.8) is 0 Å². The minimum Gasteiger partial charge on any atom is -0.462 e. The Morgan fingerprint density at radius 1 is 1.19 bits per heavy atom. The third kappa shape index (κ3) is 8.23. The zero-order chi connectivity index (χ0) is 22.9. The summed E-state index contributed by atoms with van der Waals surface area (Å²) < 4.78 is 5.23. The van der Waals surface area contributed by atoms with Crippen molar-refractivity contribution in [2.45, 2.75) is 90.3 Å². The van der Waals surface area contributed by atoms with Crippen molar-refractivity contribution in [3.8, 4) is 0 Å². The van der Waals surface area contributed by atoms with Crippen molar-refractivity contribution < 1.29 is 14.6 Å². The van der Waals surface area contributed by atoms with Gasteiger partial charge in [-0.3, -0.25) is 0 Å². The van der Waals surface area contributed by atoms with Gasteiger partial charge in [0.15, 0.2) is 0 Å². The molecule has 0 spiro atoms. The van der Waals surface area contributed by atoms with Gasteiger partial charge in [0, 0.05) is 18.1 Å². The lowest BCUT2D eigenvalue weighted by molar-refractivity contribution is -0.140. The van der Waals surface area contributed by atoms with Crippen LogP contribution in [-0.2, 0) is 9.53 Å². The Hall–Kier alpha value is -1.39. The molecule has 4 heteroatoms. The Bertz CT molecular complexity index is 687. The minimum absolute atomic E-state index is 0.0123. The van der Waals surface area contributed by atoms with Crippen LogP contribution in [0.1, 0.15) is 76.7 Å². The monoisotopic (exact) mass is 444 g/mol. The SMILES string of the molecule is C=C(C)C(=O)OCC(CO)CCC[Si](C)(C)c1ccc(C2CCC(CCC)CC2)cc1. The maximum Gasteiger partial charge on any atom is 0.333 e. The molecule has 1 aromatic carbocycles. The molecular weight excluding hydrogens is 400 g/mol. The Kier molecular flexibility index (Phi) is 10.5. The first kappa shape index (κ1) is 25.9. The number of aliphatic hydroxyl groups is 1. The molecule has 1 N–H and O–H groups in total. The first-order valence-electron chi connectivity index (χ1n) is 12.3. The molecule has 0 amide bonds. The Balaban J connectivity index is 1.82. The van der Waals surface area contributed by atoms with E-state index in [1.54, 1.807) is 6.92 Å². The second-order valence-corrected chi connectivity index (χ2v) is 15.2. The van der Waals surface area contributed by atoms with E-state index >= 15 is 0 Å². The van der Waals surface area contributed by atoms with E-state index in [2.05, 4.69) is 50.9 Å². The molecule has 3 nitrogen and oxygen atoms in total. The molecule has 31 heavy (non-hydrogen) atoms. The summed E-state index contributed by atoms with van der Waals surface area (Å²) in [5.41, 5.74) is 1.94. The predicted octanol–water partition coefficient (Wildman–Crippen LogP) is 6.18. The summed E-state index contributed by atoms with van der Waals surface area (Å²) in [6.07, 6.45) is 10.2. The van der Waals surface area contributed by atoms with Gasteiger partial charge in [0.25, 0.3) is 0 Å². The zero-order valence-electron chi connectivity index (χ0n) is 20.3. The van der Waals surface area contributed by atoms with Gasteiger partial charge in [0.2, 0.25) is 0 Å². The zero-order valence-corrected chi connectivity index (χ0v) is 21.3. The first-order chi connectivity index (χ1) is 14.8. The molecule has 0 bridgehead atoms. The molecule has 1 aliphatic rings. The molecule has 1 saturated carbocycles. The van der Waals surface area contributed by atoms with Crippen LogP contribution in [0.5, 0.6) is 0 Å². The predicted molar refractivity (Wildman–Crippen MR) is 134 cm³/mol. The number of ether oxygens (including phenoxy) is 1. The highest BCUT2D eigenvalue weighted by molar-refractivity contribution is 6.89. The molecule has 0 radical (unpaired) electrons. The van der Waals surface area contributed by atoms with Gasteiger partial charge >= 0.3 is 5.97 Å². The number of carbonyl (C=O) groups excluding carboxylic acids is 1. The van der Waals surface area contributed by atoms with Crippen LogP contribution in [0.4, 0.5) is 0 Å². The van der Waals surface area contributed by atoms with E-state index in [-0.39, 0.29) is 25.1 Å². The fourth-order valence-electron chi connectivity index (χ4n) is 4.92. The highest BCUT2D eigenvalue weighted by Gasteiger charge is 2.25. The average molecular weight is 445 g/mol. The second-order valence-electron chi connectivity index (χ2n) is 10.3. The lowest BCUT2D eigenvalue weighted by Crippen LogP contribution is -2.41. The molecule has 0 saturated heterocycles. The lowest BCUT2D eigenvalue weighted by atomic mass is 9.77. The molecule has 1 aromatic rings. The van der Waals surface area contributed by atoms with Crippen molar-refractivity contribution in [3.05, 3.63) is 42.0 Å². The van der Waals surface area contributed by atoms with Crippen molar-refractivity contribution in [2.24, 2.45) is 11.8 Å². The number of hydrogen-bond donors (Lipinski definition) is 1. The molecule has 1 atom stereocenters. The van der Waals surface area contributed by atoms with Crippen molar-refractivity contribution in [2.75, 3.05) is 13.2 Å². The standard InChI is InChI=1S/C27H44O3Si/c1-6-8-22-10-12-24(13-11-22)25-14-16-26(17-15-25)31(4,5)18-7-9-23(19-28)20-30-27(29)21(2)3/h14-17,22-24,28H,2,6-13,18-20H2,1,3-5H3. The second kappa shape index (κ2) is 12.6. The Morgan fingerprint density at radius 2 is 1.84 bits per heavy atom. The van der Waals surface area contributed by atoms with Crippen LogP contribution in [0, 0.1) is 11.8 Å². The number of esters is 1. The van der Waals surface area contributed by atoms with Gasteiger partial charge < -0.3 is 9.84 Å². The molecule has 0 aromatic heterocycles. The summed E-state index contributed by atoms with van der Waals surface area (Å²) in [6.45, 7) is 12.8. The molecule has 174 valence electrons. The highest BCUT2D eigenvalue weighted by atomic mass is 28.3. The number of aliphatic hydroxyl groups excluding tert-OH is 1. The molecule has 0 heterocycles. The number of rotatable bonds is 12. The quantitative estimate of drug-likeness (QED) is 0.238. The summed E-state index contributed by atoms with van der Waals surface area (Å²) >= 11 is 0. The average Bonchev–Trinajstić information content (AvgIpc) is 2.76. The van der Waals surface area contributed by atoms with E-state index in [1.165, 1.54) is 55.3 Å². The van der Waals surface area contributed by atoms with Gasteiger partial charge in [-0.25, -0.2) is 4.79 Å². The highest BCUT2D eigenvalue weighted by Crippen LogP contribution is 2.37. The van der Waals surface area contributed by atoms with Crippen LogP contribution in [0.2, 0.25) is 19.1 Å². The number of hydrogen-bond acceptors (Lipinski definition) is 3. The van der Waals surface area contributed by atoms with Gasteiger partial charge in [-0.15, -0.1) is 0 Å². The normalized spacial score (nSPS) is 20.3. The van der Waals surface area contributed by atoms with Gasteiger partial charge in [-0.2, -0.15) is 0 Å². The molecular formula is C27H44O3Si. The van der Waals surface area contributed by atoms with Gasteiger partial charge in [-0.1, -0.05) is 81.4 Å². The smallest absolute Gasteiger partial charge is 0.333 e. The Labute approximate surface area is 191 Å². The topological polar surface area (TPSA) is 46.5 Å². The van der Waals surface area contributed by atoms with Crippen LogP contribution in [0.25, 0.3) is 0 Å². The number of carbonyl (C=O) groups is 1. The molecule has 1 unspecified atom stereocenters. The molecule has 0 aliphatic heterocycles. The summed E-state index contributed by atoms with van der Waals surface area (Å²) in [5, 5.41) is 11.1. The summed E-state index contributed by atoms with van der Waals surface area (Å²) in [7, 11) is -1.52. The summed E-state index contributed by atoms with van der Waals surface area (Å²) in [4.78, 5) is 11.6. The van der Waals surface area contributed by atoms with Gasteiger partial charge in [-0.05, 0) is 56.4 Å². The summed E-state index contributed by atoms with van der Waals surface area (Å²) in [5.74, 6) is 1.35. The largest absolute Gasteiger partial charge is 0.462 e. The lowest BCUT2D eigenvalue weighted by Gasteiger charge is -2.29. The summed E-state index contributed by atoms with van der Waals surface area (Å²) in [6, 6.07) is 10.7. The van der Waals surface area contributed by atoms with Gasteiger partial charge in [0.1, 0.15) is 0 Å². The van der Waals surface area contributed by atoms with E-state index in [0.29, 0.717) is 5.57 Å².